The highest BCUT2D eigenvalue weighted by Crippen LogP contribution is 2.23. The minimum Gasteiger partial charge on any atom is -0.481 e. The Kier molecular flexibility index (Phi) is 33.0. The number of primary amides is 3. The lowest BCUT2D eigenvalue weighted by Gasteiger charge is -2.29. The van der Waals surface area contributed by atoms with Gasteiger partial charge in [0.15, 0.2) is 0 Å². The number of nitrogens with two attached hydrogens (primary N) is 4. The van der Waals surface area contributed by atoms with E-state index >= 15 is 0 Å². The fourth-order valence-corrected chi connectivity index (χ4v) is 12.1. The lowest BCUT2D eigenvalue weighted by Crippen LogP contribution is -2.62. The summed E-state index contributed by atoms with van der Waals surface area (Å²) in [4.78, 5) is 286. The van der Waals surface area contributed by atoms with Gasteiger partial charge in [-0.1, -0.05) is 36.4 Å². The third-order valence-corrected chi connectivity index (χ3v) is 18.3. The molecule has 6 rings (SSSR count). The molecule has 45 nitrogen and oxygen atoms in total. The molecule has 0 spiro atoms. The Labute approximate surface area is 653 Å². The number of nitrogens with zero attached hydrogens (tertiary/aromatic N) is 1. The number of carboxylic acid groups (broad SMARTS) is 3. The van der Waals surface area contributed by atoms with Gasteiger partial charge in [-0.3, -0.25) is 101 Å². The zero-order valence-corrected chi connectivity index (χ0v) is 62.6. The molecule has 115 heavy (non-hydrogen) atoms. The zero-order chi connectivity index (χ0) is 85.2. The van der Waals surface area contributed by atoms with Crippen molar-refractivity contribution in [2.24, 2.45) is 22.9 Å². The van der Waals surface area contributed by atoms with Crippen LogP contribution in [-0.2, 0) is 114 Å². The molecule has 0 saturated carbocycles. The monoisotopic (exact) mass is 1610 g/mol. The van der Waals surface area contributed by atoms with Gasteiger partial charge in [0.1, 0.15) is 78.5 Å². The lowest BCUT2D eigenvalue weighted by molar-refractivity contribution is -0.142. The quantitative estimate of drug-likeness (QED) is 0.0198. The number of aromatic amines is 2. The van der Waals surface area contributed by atoms with E-state index < -0.39 is 280 Å². The second kappa shape index (κ2) is 42.1. The second-order valence-electron chi connectivity index (χ2n) is 27.3. The van der Waals surface area contributed by atoms with Gasteiger partial charge in [-0.05, 0) is 76.6 Å². The van der Waals surface area contributed by atoms with Crippen molar-refractivity contribution in [2.75, 3.05) is 19.6 Å². The number of amides is 18. The Morgan fingerprint density at radius 3 is 1.51 bits per heavy atom. The number of aliphatic carboxylic acids is 3. The average Bonchev–Trinajstić information content (AvgIpc) is 1.72. The van der Waals surface area contributed by atoms with Gasteiger partial charge in [0, 0.05) is 73.0 Å². The first-order valence-corrected chi connectivity index (χ1v) is 36.1. The summed E-state index contributed by atoms with van der Waals surface area (Å²) in [5, 5.41) is 62.9. The predicted molar refractivity (Wildman–Crippen MR) is 396 cm³/mol. The summed E-state index contributed by atoms with van der Waals surface area (Å²) in [6.45, 7) is 3.04. The maximum atomic E-state index is 14.6. The molecule has 0 radical (unpaired) electrons. The molecule has 2 aliphatic heterocycles. The van der Waals surface area contributed by atoms with Crippen molar-refractivity contribution in [3.8, 4) is 0 Å². The van der Waals surface area contributed by atoms with Crippen LogP contribution in [0.4, 0.5) is 0 Å². The number of carbonyl (C=O) groups excluding carboxylic acids is 18. The molecule has 622 valence electrons. The molecule has 2 aliphatic rings. The number of fused-ring (bicyclic) bond motifs is 2. The number of carbonyl (C=O) groups is 21. The van der Waals surface area contributed by atoms with E-state index in [4.69, 9.17) is 22.9 Å². The minimum atomic E-state index is -2.11. The number of rotatable bonds is 38. The Hall–Kier alpha value is -13.7. The molecule has 2 aromatic heterocycles. The molecular formula is C70H93N21O24. The first-order chi connectivity index (χ1) is 54.2. The van der Waals surface area contributed by atoms with Crippen LogP contribution in [0.1, 0.15) is 103 Å². The van der Waals surface area contributed by atoms with E-state index in [2.05, 4.69) is 84.4 Å². The predicted octanol–water partition coefficient (Wildman–Crippen LogP) is -9.27. The molecule has 2 fully saturated rings. The second-order valence-corrected chi connectivity index (χ2v) is 27.3. The Bertz CT molecular complexity index is 4410. The molecule has 27 N–H and O–H groups in total. The van der Waals surface area contributed by atoms with Gasteiger partial charge in [0.05, 0.1) is 38.3 Å². The molecule has 45 heteroatoms. The van der Waals surface area contributed by atoms with Gasteiger partial charge >= 0.3 is 17.9 Å². The molecule has 4 heterocycles. The molecule has 4 aromatic rings. The molecule has 0 bridgehead atoms. The van der Waals surface area contributed by atoms with Gasteiger partial charge < -0.3 is 128 Å². The number of hydrogen-bond donors (Lipinski definition) is 23. The molecule has 0 unspecified atom stereocenters. The van der Waals surface area contributed by atoms with Crippen molar-refractivity contribution < 1.29 is 116 Å². The van der Waals surface area contributed by atoms with E-state index in [9.17, 15) is 116 Å². The standard InChI is InChI=1S/C70H93N21O24/c1-30-58(103)80-31(2)60(105)90-48(28-77-61(106)38(71)22-52(94)79-30)68(113)89-47(25-56(100)101)67(112)87-45(21-35-27-76-40-13-8-6-11-37(35)40)66(111)88-46(24-51(73)93)65(110)82-33(4)70(115)91-19-9-14-49(91)69(114)81-32(3)59(104)84-41(15-17-54(96)97)63(108)85-42(16-18-55(98)99)64(109)86-44(20-34-26-75-39-12-7-5-10-36(34)39)62(107)78-29-53(95)83-43(57(74)102)23-50(72)92/h5-8,10-13,26-27,30-33,38,41-49,75-76H,9,14-25,28-29,71H2,1-4H3,(H2,72,92)(H2,73,93)(H2,74,102)(H,77,106)(H,78,107)(H,79,94)(H,80,103)(H,81,114)(H,82,110)(H,83,95)(H,84,104)(H,85,108)(H,86,109)(H,87,112)(H,88,111)(H,89,113)(H,90,105)(H,96,97)(H,98,99)(H,100,101)/t30-,31-,32-,33-,38-,41-,42-,43-,44-,45-,46-,47-,48-,49-/m0/s1. The van der Waals surface area contributed by atoms with E-state index in [1.54, 1.807) is 48.5 Å². The van der Waals surface area contributed by atoms with Crippen molar-refractivity contribution in [1.82, 2.24) is 89.3 Å². The van der Waals surface area contributed by atoms with Gasteiger partial charge in [-0.2, -0.15) is 0 Å². The fraction of sp³-hybridized carbons (Fsp3) is 0.471. The first kappa shape index (κ1) is 90.2. The minimum absolute atomic E-state index is 0.0429. The summed E-state index contributed by atoms with van der Waals surface area (Å²) in [7, 11) is 0. The van der Waals surface area contributed by atoms with Crippen molar-refractivity contribution in [1.29, 1.82) is 0 Å². The summed E-state index contributed by atoms with van der Waals surface area (Å²) < 4.78 is 0. The molecule has 2 aromatic carbocycles. The van der Waals surface area contributed by atoms with Crippen LogP contribution in [0.25, 0.3) is 21.8 Å². The van der Waals surface area contributed by atoms with E-state index in [-0.39, 0.29) is 25.8 Å². The summed E-state index contributed by atoms with van der Waals surface area (Å²) in [6.07, 6.45) is -4.10. The number of benzene rings is 2. The Morgan fingerprint density at radius 2 is 0.974 bits per heavy atom. The number of H-pyrrole nitrogens is 2. The van der Waals surface area contributed by atoms with E-state index in [0.717, 1.165) is 11.8 Å². The van der Waals surface area contributed by atoms with Crippen LogP contribution in [0.5, 0.6) is 0 Å². The lowest BCUT2D eigenvalue weighted by atomic mass is 10.0. The van der Waals surface area contributed by atoms with E-state index in [1.165, 1.54) is 33.2 Å². The zero-order valence-electron chi connectivity index (χ0n) is 62.6. The van der Waals surface area contributed by atoms with Crippen molar-refractivity contribution in [2.45, 2.75) is 189 Å². The van der Waals surface area contributed by atoms with E-state index in [1.807, 2.05) is 0 Å². The maximum Gasteiger partial charge on any atom is 0.305 e. The van der Waals surface area contributed by atoms with Crippen LogP contribution in [0.15, 0.2) is 60.9 Å². The normalized spacial score (nSPS) is 18.9. The number of nitrogens with one attached hydrogen (secondary N) is 16. The fourth-order valence-electron chi connectivity index (χ4n) is 12.1. The average molecular weight is 1610 g/mol. The van der Waals surface area contributed by atoms with Crippen molar-refractivity contribution in [3.05, 3.63) is 72.1 Å². The highest BCUT2D eigenvalue weighted by molar-refractivity contribution is 6.03. The molecule has 2 saturated heterocycles. The van der Waals surface area contributed by atoms with Crippen LogP contribution >= 0.6 is 0 Å². The van der Waals surface area contributed by atoms with E-state index in [0.29, 0.717) is 32.9 Å². The third kappa shape index (κ3) is 27.4. The molecule has 18 amide bonds. The largest absolute Gasteiger partial charge is 0.481 e. The first-order valence-electron chi connectivity index (χ1n) is 36.1. The number of aromatic nitrogens is 2. The van der Waals surface area contributed by atoms with Gasteiger partial charge in [-0.25, -0.2) is 0 Å². The SMILES string of the molecule is C[C@@H]1NC(=O)C[C@H](N)C(=O)NC[C@@H](C(=O)N[C@@H](CC(=O)O)C(=O)N[C@@H](Cc2c[nH]c3ccccc23)C(=O)N[C@@H](CC(N)=O)C(=O)N[C@@H](C)C(=O)N2CCC[C@H]2C(=O)N[C@@H](C)C(=O)N[C@@H](CCC(=O)O)C(=O)N[C@@H](CCC(=O)O)C(=O)N[C@@H](Cc2c[nH]c3ccccc23)C(=O)NCC(=O)N[C@@H](CC(N)=O)C(N)=O)NC(=O)[C@H](C)NC1=O. The smallest absolute Gasteiger partial charge is 0.305 e. The van der Waals surface area contributed by atoms with Crippen LogP contribution in [0.2, 0.25) is 0 Å². The maximum absolute atomic E-state index is 14.6. The third-order valence-electron chi connectivity index (χ3n) is 18.3. The molecular weight excluding hydrogens is 1520 g/mol. The molecule has 0 aliphatic carbocycles. The Morgan fingerprint density at radius 1 is 0.504 bits per heavy atom. The van der Waals surface area contributed by atoms with Gasteiger partial charge in [0.2, 0.25) is 106 Å². The summed E-state index contributed by atoms with van der Waals surface area (Å²) in [5.74, 6) is -24.3. The highest BCUT2D eigenvalue weighted by atomic mass is 16.4. The van der Waals surface area contributed by atoms with Crippen LogP contribution in [0.3, 0.4) is 0 Å². The topological polar surface area (TPSA) is 726 Å². The summed E-state index contributed by atoms with van der Waals surface area (Å²) >= 11 is 0. The number of likely N-dealkylation sites (tertiary alicyclic amines) is 1. The van der Waals surface area contributed by atoms with Gasteiger partial charge in [0.25, 0.3) is 0 Å². The summed E-state index contributed by atoms with van der Waals surface area (Å²) in [6, 6.07) is -9.99. The van der Waals surface area contributed by atoms with Crippen LogP contribution in [-0.4, -0.2) is 259 Å². The highest BCUT2D eigenvalue weighted by Gasteiger charge is 2.41. The number of para-hydroxylation sites is 2. The van der Waals surface area contributed by atoms with Crippen LogP contribution < -0.4 is 97.4 Å². The summed E-state index contributed by atoms with van der Waals surface area (Å²) in [5.41, 5.74) is 23.8. The van der Waals surface area contributed by atoms with Gasteiger partial charge in [-0.15, -0.1) is 0 Å². The number of carboxylic acids is 3. The Balaban J connectivity index is 1.15. The number of hydrogen-bond acceptors (Lipinski definition) is 22. The van der Waals surface area contributed by atoms with Crippen molar-refractivity contribution >= 4 is 146 Å². The van der Waals surface area contributed by atoms with Crippen LogP contribution in [0, 0.1) is 0 Å². The molecule has 14 atom stereocenters. The van der Waals surface area contributed by atoms with Crippen molar-refractivity contribution in [3.63, 3.8) is 0 Å².